The van der Waals surface area contributed by atoms with Crippen LogP contribution in [0.25, 0.3) is 6.08 Å². The zero-order valence-electron chi connectivity index (χ0n) is 10.4. The Bertz CT molecular complexity index is 502. The second-order valence-electron chi connectivity index (χ2n) is 4.65. The monoisotopic (exact) mass is 260 g/mol. The molecule has 0 saturated heterocycles. The van der Waals surface area contributed by atoms with Gasteiger partial charge in [-0.15, -0.1) is 0 Å². The number of primary amides is 1. The largest absolute Gasteiger partial charge is 0.393 e. The molecule has 1 aromatic carbocycles. The Hall–Kier alpha value is -2.14. The van der Waals surface area contributed by atoms with Gasteiger partial charge in [0.2, 0.25) is 11.8 Å². The van der Waals surface area contributed by atoms with Crippen LogP contribution in [-0.2, 0) is 4.79 Å². The lowest BCUT2D eigenvalue weighted by atomic mass is 9.89. The maximum Gasteiger partial charge on any atom is 0.248 e. The maximum atomic E-state index is 11.5. The smallest absolute Gasteiger partial charge is 0.248 e. The van der Waals surface area contributed by atoms with E-state index in [9.17, 15) is 9.59 Å². The summed E-state index contributed by atoms with van der Waals surface area (Å²) < 4.78 is 0. The molecule has 1 aliphatic carbocycles. The molecule has 5 heteroatoms. The number of amides is 2. The van der Waals surface area contributed by atoms with Crippen molar-refractivity contribution in [3.05, 3.63) is 41.5 Å². The first-order valence-corrected chi connectivity index (χ1v) is 6.11. The Morgan fingerprint density at radius 1 is 1.26 bits per heavy atom. The van der Waals surface area contributed by atoms with E-state index in [-0.39, 0.29) is 18.1 Å². The minimum absolute atomic E-state index is 0.0735. The third-order valence-electron chi connectivity index (χ3n) is 3.08. The van der Waals surface area contributed by atoms with Gasteiger partial charge in [-0.25, -0.2) is 0 Å². The molecule has 0 aromatic heterocycles. The molecule has 0 heterocycles. The molecule has 4 N–H and O–H groups in total. The molecule has 1 aliphatic rings. The highest BCUT2D eigenvalue weighted by atomic mass is 16.3. The summed E-state index contributed by atoms with van der Waals surface area (Å²) in [6.07, 6.45) is 4.05. The Labute approximate surface area is 111 Å². The topological polar surface area (TPSA) is 92.4 Å². The molecular formula is C14H16N2O3. The van der Waals surface area contributed by atoms with Crippen molar-refractivity contribution in [2.24, 2.45) is 5.73 Å². The van der Waals surface area contributed by atoms with Crippen molar-refractivity contribution in [1.82, 2.24) is 5.32 Å². The van der Waals surface area contributed by atoms with E-state index in [1.807, 2.05) is 0 Å². The third-order valence-corrected chi connectivity index (χ3v) is 3.08. The van der Waals surface area contributed by atoms with Crippen molar-refractivity contribution >= 4 is 17.9 Å². The molecule has 0 spiro atoms. The van der Waals surface area contributed by atoms with Gasteiger partial charge in [-0.2, -0.15) is 0 Å². The van der Waals surface area contributed by atoms with Gasteiger partial charge >= 0.3 is 0 Å². The first-order valence-electron chi connectivity index (χ1n) is 6.11. The molecule has 1 fully saturated rings. The number of nitrogens with one attached hydrogen (secondary N) is 1. The van der Waals surface area contributed by atoms with Crippen molar-refractivity contribution in [3.63, 3.8) is 0 Å². The fraction of sp³-hybridized carbons (Fsp3) is 0.286. The zero-order valence-corrected chi connectivity index (χ0v) is 10.4. The molecule has 0 aliphatic heterocycles. The minimum atomic E-state index is -0.475. The fourth-order valence-corrected chi connectivity index (χ4v) is 1.89. The first-order chi connectivity index (χ1) is 9.04. The molecule has 19 heavy (non-hydrogen) atoms. The van der Waals surface area contributed by atoms with E-state index in [4.69, 9.17) is 10.8 Å². The van der Waals surface area contributed by atoms with Crippen LogP contribution in [0.4, 0.5) is 0 Å². The van der Waals surface area contributed by atoms with E-state index >= 15 is 0 Å². The molecule has 0 atom stereocenters. The van der Waals surface area contributed by atoms with Crippen LogP contribution < -0.4 is 11.1 Å². The lowest BCUT2D eigenvalue weighted by Crippen LogP contribution is -2.46. The van der Waals surface area contributed by atoms with Gasteiger partial charge in [0.1, 0.15) is 0 Å². The summed E-state index contributed by atoms with van der Waals surface area (Å²) in [5, 5.41) is 11.9. The number of carbonyl (C=O) groups is 2. The molecule has 2 amide bonds. The van der Waals surface area contributed by atoms with Gasteiger partial charge < -0.3 is 16.2 Å². The van der Waals surface area contributed by atoms with Crippen LogP contribution in [0, 0.1) is 0 Å². The summed E-state index contributed by atoms with van der Waals surface area (Å²) in [6, 6.07) is 6.74. The van der Waals surface area contributed by atoms with Crippen LogP contribution in [0.15, 0.2) is 30.3 Å². The number of nitrogens with two attached hydrogens (primary N) is 1. The Morgan fingerprint density at radius 3 is 2.42 bits per heavy atom. The molecule has 2 rings (SSSR count). The van der Waals surface area contributed by atoms with Crippen molar-refractivity contribution < 1.29 is 14.7 Å². The Morgan fingerprint density at radius 2 is 1.89 bits per heavy atom. The normalized spacial score (nSPS) is 21.9. The van der Waals surface area contributed by atoms with Crippen LogP contribution in [-0.4, -0.2) is 29.1 Å². The van der Waals surface area contributed by atoms with Crippen LogP contribution in [0.5, 0.6) is 0 Å². The standard InChI is InChI=1S/C14H16N2O3/c15-14(19)10-4-1-9(2-5-10)3-6-13(18)16-11-7-12(17)8-11/h1-6,11-12,17H,7-8H2,(H2,15,19)(H,16,18). The average Bonchev–Trinajstić information content (AvgIpc) is 2.35. The number of carbonyl (C=O) groups excluding carboxylic acids is 2. The molecule has 0 unspecified atom stereocenters. The number of rotatable bonds is 4. The van der Waals surface area contributed by atoms with Crippen LogP contribution in [0.3, 0.4) is 0 Å². The van der Waals surface area contributed by atoms with Crippen LogP contribution in [0.2, 0.25) is 0 Å². The third kappa shape index (κ3) is 3.66. The van der Waals surface area contributed by atoms with Gasteiger partial charge in [-0.3, -0.25) is 9.59 Å². The summed E-state index contributed by atoms with van der Waals surface area (Å²) in [5.74, 6) is -0.660. The highest BCUT2D eigenvalue weighted by Gasteiger charge is 2.27. The first kappa shape index (κ1) is 13.3. The maximum absolute atomic E-state index is 11.5. The van der Waals surface area contributed by atoms with Crippen LogP contribution in [0.1, 0.15) is 28.8 Å². The Kier molecular flexibility index (Phi) is 3.97. The molecule has 0 radical (unpaired) electrons. The fourth-order valence-electron chi connectivity index (χ4n) is 1.89. The summed E-state index contributed by atoms with van der Waals surface area (Å²) in [5.41, 5.74) is 6.38. The van der Waals surface area contributed by atoms with Gasteiger partial charge in [-0.1, -0.05) is 12.1 Å². The Balaban J connectivity index is 1.87. The zero-order chi connectivity index (χ0) is 13.8. The number of hydrogen-bond donors (Lipinski definition) is 3. The van der Waals surface area contributed by atoms with E-state index < -0.39 is 5.91 Å². The predicted molar refractivity (Wildman–Crippen MR) is 71.2 cm³/mol. The molecule has 1 saturated carbocycles. The molecule has 100 valence electrons. The average molecular weight is 260 g/mol. The molecular weight excluding hydrogens is 244 g/mol. The summed E-state index contributed by atoms with van der Waals surface area (Å²) >= 11 is 0. The molecule has 1 aromatic rings. The summed E-state index contributed by atoms with van der Waals surface area (Å²) in [6.45, 7) is 0. The lowest BCUT2D eigenvalue weighted by molar-refractivity contribution is -0.118. The minimum Gasteiger partial charge on any atom is -0.393 e. The number of aliphatic hydroxyl groups excluding tert-OH is 1. The van der Waals surface area contributed by atoms with Gasteiger partial charge in [0.15, 0.2) is 0 Å². The van der Waals surface area contributed by atoms with E-state index in [1.165, 1.54) is 6.08 Å². The van der Waals surface area contributed by atoms with E-state index in [0.29, 0.717) is 18.4 Å². The predicted octanol–water partition coefficient (Wildman–Crippen LogP) is 0.438. The number of benzene rings is 1. The quantitative estimate of drug-likeness (QED) is 0.686. The van der Waals surface area contributed by atoms with Gasteiger partial charge in [-0.05, 0) is 36.6 Å². The summed E-state index contributed by atoms with van der Waals surface area (Å²) in [7, 11) is 0. The summed E-state index contributed by atoms with van der Waals surface area (Å²) in [4.78, 5) is 22.4. The van der Waals surface area contributed by atoms with Gasteiger partial charge in [0.05, 0.1) is 6.10 Å². The lowest BCUT2D eigenvalue weighted by Gasteiger charge is -2.31. The second-order valence-corrected chi connectivity index (χ2v) is 4.65. The highest BCUT2D eigenvalue weighted by molar-refractivity contribution is 5.94. The van der Waals surface area contributed by atoms with Crippen molar-refractivity contribution in [2.45, 2.75) is 25.0 Å². The second kappa shape index (κ2) is 5.67. The van der Waals surface area contributed by atoms with Gasteiger partial charge in [0, 0.05) is 17.7 Å². The molecule has 5 nitrogen and oxygen atoms in total. The van der Waals surface area contributed by atoms with E-state index in [0.717, 1.165) is 5.56 Å². The van der Waals surface area contributed by atoms with E-state index in [2.05, 4.69) is 5.32 Å². The SMILES string of the molecule is NC(=O)c1ccc(C=CC(=O)NC2CC(O)C2)cc1. The number of aliphatic hydroxyl groups is 1. The van der Waals surface area contributed by atoms with E-state index in [1.54, 1.807) is 30.3 Å². The van der Waals surface area contributed by atoms with Crippen molar-refractivity contribution in [1.29, 1.82) is 0 Å². The van der Waals surface area contributed by atoms with Crippen molar-refractivity contribution in [3.8, 4) is 0 Å². The van der Waals surface area contributed by atoms with Crippen molar-refractivity contribution in [2.75, 3.05) is 0 Å². The highest BCUT2D eigenvalue weighted by Crippen LogP contribution is 2.19. The number of hydrogen-bond acceptors (Lipinski definition) is 3. The van der Waals surface area contributed by atoms with Crippen LogP contribution >= 0.6 is 0 Å². The molecule has 0 bridgehead atoms. The van der Waals surface area contributed by atoms with Gasteiger partial charge in [0.25, 0.3) is 0 Å².